The zero-order valence-corrected chi connectivity index (χ0v) is 16.2. The lowest BCUT2D eigenvalue weighted by atomic mass is 10.1. The molecule has 1 heterocycles. The minimum Gasteiger partial charge on any atom is -0.446 e. The molecule has 0 aliphatic heterocycles. The maximum Gasteiger partial charge on any atom is 0.322 e. The van der Waals surface area contributed by atoms with Gasteiger partial charge in [0.15, 0.2) is 5.69 Å². The summed E-state index contributed by atoms with van der Waals surface area (Å²) in [4.78, 5) is 30.4. The van der Waals surface area contributed by atoms with Crippen LogP contribution < -0.4 is 10.6 Å². The number of oxazole rings is 1. The fraction of sp³-hybridized carbons (Fsp3) is 0.450. The molecule has 0 unspecified atom stereocenters. The van der Waals surface area contributed by atoms with E-state index in [-0.39, 0.29) is 24.2 Å². The summed E-state index contributed by atoms with van der Waals surface area (Å²) in [5, 5.41) is 5.67. The van der Waals surface area contributed by atoms with Crippen LogP contribution in [-0.4, -0.2) is 34.9 Å². The van der Waals surface area contributed by atoms with Crippen molar-refractivity contribution >= 4 is 17.6 Å². The second-order valence-electron chi connectivity index (χ2n) is 6.29. The molecule has 1 aromatic heterocycles. The summed E-state index contributed by atoms with van der Waals surface area (Å²) in [6.07, 6.45) is 3.88. The summed E-state index contributed by atoms with van der Waals surface area (Å²) < 4.78 is 5.39. The second-order valence-corrected chi connectivity index (χ2v) is 6.29. The van der Waals surface area contributed by atoms with Crippen molar-refractivity contribution in [1.29, 1.82) is 0 Å². The first-order chi connectivity index (χ1) is 13.1. The summed E-state index contributed by atoms with van der Waals surface area (Å²) in [7, 11) is 0. The maximum atomic E-state index is 12.7. The van der Waals surface area contributed by atoms with E-state index in [4.69, 9.17) is 4.42 Å². The molecule has 0 radical (unpaired) electrons. The number of carbonyl (C=O) groups is 2. The van der Waals surface area contributed by atoms with Crippen molar-refractivity contribution in [3.63, 3.8) is 0 Å². The van der Waals surface area contributed by atoms with Crippen LogP contribution in [0, 0.1) is 0 Å². The van der Waals surface area contributed by atoms with Crippen LogP contribution in [0.3, 0.4) is 0 Å². The number of hydrogen-bond donors (Lipinski definition) is 2. The Labute approximate surface area is 160 Å². The molecule has 146 valence electrons. The molecule has 0 saturated carbocycles. The molecular weight excluding hydrogens is 344 g/mol. The van der Waals surface area contributed by atoms with Gasteiger partial charge in [-0.15, -0.1) is 0 Å². The molecule has 27 heavy (non-hydrogen) atoms. The molecule has 7 heteroatoms. The van der Waals surface area contributed by atoms with Crippen molar-refractivity contribution in [2.24, 2.45) is 0 Å². The fourth-order valence-corrected chi connectivity index (χ4v) is 2.57. The summed E-state index contributed by atoms with van der Waals surface area (Å²) >= 11 is 0. The van der Waals surface area contributed by atoms with E-state index >= 15 is 0 Å². The fourth-order valence-electron chi connectivity index (χ4n) is 2.57. The van der Waals surface area contributed by atoms with E-state index in [0.29, 0.717) is 19.0 Å². The average Bonchev–Trinajstić information content (AvgIpc) is 3.14. The Morgan fingerprint density at radius 2 is 2.00 bits per heavy atom. The highest BCUT2D eigenvalue weighted by atomic mass is 16.3. The van der Waals surface area contributed by atoms with E-state index < -0.39 is 0 Å². The first-order valence-electron chi connectivity index (χ1n) is 9.44. The lowest BCUT2D eigenvalue weighted by Gasteiger charge is -2.21. The van der Waals surface area contributed by atoms with Crippen molar-refractivity contribution in [3.8, 4) is 0 Å². The van der Waals surface area contributed by atoms with E-state index in [1.807, 2.05) is 38.1 Å². The Balaban J connectivity index is 2.02. The molecule has 0 fully saturated rings. The van der Waals surface area contributed by atoms with E-state index in [9.17, 15) is 9.59 Å². The predicted octanol–water partition coefficient (Wildman–Crippen LogP) is 3.82. The monoisotopic (exact) mass is 372 g/mol. The number of urea groups is 1. The van der Waals surface area contributed by atoms with Crippen LogP contribution >= 0.6 is 0 Å². The van der Waals surface area contributed by atoms with Gasteiger partial charge >= 0.3 is 6.03 Å². The standard InChI is InChI=1S/C20H28N4O3/c1-4-10-21-19(25)17-14-27-18(23-17)13-24(11-5-2)20(26)22-16-9-7-8-15(6-3)12-16/h7-9,12,14H,4-6,10-11,13H2,1-3H3,(H,21,25)(H,22,26). The molecular formula is C20H28N4O3. The van der Waals surface area contributed by atoms with E-state index in [1.54, 1.807) is 4.90 Å². The molecule has 2 N–H and O–H groups in total. The average molecular weight is 372 g/mol. The number of hydrogen-bond acceptors (Lipinski definition) is 4. The van der Waals surface area contributed by atoms with Gasteiger partial charge in [0.1, 0.15) is 6.26 Å². The highest BCUT2D eigenvalue weighted by Gasteiger charge is 2.18. The Morgan fingerprint density at radius 1 is 1.19 bits per heavy atom. The molecule has 0 spiro atoms. The number of benzene rings is 1. The van der Waals surface area contributed by atoms with Crippen molar-refractivity contribution in [1.82, 2.24) is 15.2 Å². The van der Waals surface area contributed by atoms with E-state index in [1.165, 1.54) is 6.26 Å². The third kappa shape index (κ3) is 6.13. The van der Waals surface area contributed by atoms with Crippen molar-refractivity contribution in [2.75, 3.05) is 18.4 Å². The number of aromatic nitrogens is 1. The molecule has 0 atom stereocenters. The van der Waals surface area contributed by atoms with Gasteiger partial charge in [-0.1, -0.05) is 32.9 Å². The number of anilines is 1. The first kappa shape index (κ1) is 20.5. The summed E-state index contributed by atoms with van der Waals surface area (Å²) in [6, 6.07) is 7.55. The van der Waals surface area contributed by atoms with Gasteiger partial charge in [0.2, 0.25) is 5.89 Å². The topological polar surface area (TPSA) is 87.5 Å². The van der Waals surface area contributed by atoms with Crippen LogP contribution in [-0.2, 0) is 13.0 Å². The van der Waals surface area contributed by atoms with E-state index in [0.717, 1.165) is 30.5 Å². The third-order valence-corrected chi connectivity index (χ3v) is 4.01. The van der Waals surface area contributed by atoms with Crippen molar-refractivity contribution in [3.05, 3.63) is 47.7 Å². The van der Waals surface area contributed by atoms with Crippen LogP contribution in [0.25, 0.3) is 0 Å². The van der Waals surface area contributed by atoms with Gasteiger partial charge in [0, 0.05) is 18.8 Å². The lowest BCUT2D eigenvalue weighted by molar-refractivity contribution is 0.0948. The second kappa shape index (κ2) is 10.4. The molecule has 3 amide bonds. The zero-order chi connectivity index (χ0) is 19.6. The minimum absolute atomic E-state index is 0.203. The van der Waals surface area contributed by atoms with Gasteiger partial charge in [0.25, 0.3) is 5.91 Å². The summed E-state index contributed by atoms with van der Waals surface area (Å²) in [5.74, 6) is 0.0669. The Kier molecular flexibility index (Phi) is 7.85. The Hall–Kier alpha value is -2.83. The van der Waals surface area contributed by atoms with Crippen molar-refractivity contribution in [2.45, 2.75) is 46.6 Å². The number of nitrogens with zero attached hydrogens (tertiary/aromatic N) is 2. The first-order valence-corrected chi connectivity index (χ1v) is 9.44. The van der Waals surface area contributed by atoms with E-state index in [2.05, 4.69) is 22.5 Å². The zero-order valence-electron chi connectivity index (χ0n) is 16.2. The van der Waals surface area contributed by atoms with Gasteiger partial charge in [-0.2, -0.15) is 0 Å². The van der Waals surface area contributed by atoms with Gasteiger partial charge in [-0.3, -0.25) is 4.79 Å². The lowest BCUT2D eigenvalue weighted by Crippen LogP contribution is -2.35. The molecule has 0 aliphatic carbocycles. The predicted molar refractivity (Wildman–Crippen MR) is 105 cm³/mol. The molecule has 0 aliphatic rings. The third-order valence-electron chi connectivity index (χ3n) is 4.01. The van der Waals surface area contributed by atoms with Crippen LogP contribution in [0.1, 0.15) is 55.6 Å². The van der Waals surface area contributed by atoms with Gasteiger partial charge in [-0.25, -0.2) is 9.78 Å². The number of aryl methyl sites for hydroxylation is 1. The van der Waals surface area contributed by atoms with Gasteiger partial charge < -0.3 is 20.0 Å². The quantitative estimate of drug-likeness (QED) is 0.700. The van der Waals surface area contributed by atoms with Crippen LogP contribution in [0.2, 0.25) is 0 Å². The molecule has 0 saturated heterocycles. The smallest absolute Gasteiger partial charge is 0.322 e. The van der Waals surface area contributed by atoms with Gasteiger partial charge in [0.05, 0.1) is 6.54 Å². The summed E-state index contributed by atoms with van der Waals surface area (Å²) in [6.45, 7) is 7.39. The van der Waals surface area contributed by atoms with Gasteiger partial charge in [-0.05, 0) is 37.0 Å². The number of rotatable bonds is 9. The molecule has 7 nitrogen and oxygen atoms in total. The highest BCUT2D eigenvalue weighted by molar-refractivity contribution is 5.92. The summed E-state index contributed by atoms with van der Waals surface area (Å²) in [5.41, 5.74) is 2.14. The highest BCUT2D eigenvalue weighted by Crippen LogP contribution is 2.13. The molecule has 0 bridgehead atoms. The van der Waals surface area contributed by atoms with Crippen LogP contribution in [0.5, 0.6) is 0 Å². The largest absolute Gasteiger partial charge is 0.446 e. The Morgan fingerprint density at radius 3 is 2.70 bits per heavy atom. The van der Waals surface area contributed by atoms with Crippen LogP contribution in [0.15, 0.2) is 34.9 Å². The number of amides is 3. The number of carbonyl (C=O) groups excluding carboxylic acids is 2. The maximum absolute atomic E-state index is 12.7. The van der Waals surface area contributed by atoms with Crippen LogP contribution in [0.4, 0.5) is 10.5 Å². The normalized spacial score (nSPS) is 10.5. The minimum atomic E-state index is -0.269. The number of nitrogens with one attached hydrogen (secondary N) is 2. The molecule has 2 aromatic rings. The SMILES string of the molecule is CCCNC(=O)c1coc(CN(CCC)C(=O)Nc2cccc(CC)c2)n1. The molecule has 2 rings (SSSR count). The van der Waals surface area contributed by atoms with Crippen molar-refractivity contribution < 1.29 is 14.0 Å². The Bertz CT molecular complexity index is 757. The molecule has 1 aromatic carbocycles.